The van der Waals surface area contributed by atoms with E-state index in [0.717, 1.165) is 0 Å². The van der Waals surface area contributed by atoms with E-state index in [-0.39, 0.29) is 17.7 Å². The lowest BCUT2D eigenvalue weighted by Crippen LogP contribution is -2.17. The maximum absolute atomic E-state index is 12.2. The van der Waals surface area contributed by atoms with Crippen LogP contribution < -0.4 is 20.1 Å². The first-order valence-electron chi connectivity index (χ1n) is 9.24. The number of hydrogen-bond acceptors (Lipinski definition) is 4. The molecule has 0 heterocycles. The van der Waals surface area contributed by atoms with Crippen LogP contribution in [0.1, 0.15) is 26.3 Å². The van der Waals surface area contributed by atoms with Crippen LogP contribution in [-0.2, 0) is 9.59 Å². The van der Waals surface area contributed by atoms with Gasteiger partial charge in [-0.05, 0) is 55.0 Å². The molecule has 2 aromatic carbocycles. The first-order valence-corrected chi connectivity index (χ1v) is 9.62. The molecule has 0 aromatic heterocycles. The Kier molecular flexibility index (Phi) is 8.09. The van der Waals surface area contributed by atoms with E-state index >= 15 is 0 Å². The van der Waals surface area contributed by atoms with Crippen molar-refractivity contribution in [2.24, 2.45) is 5.92 Å². The van der Waals surface area contributed by atoms with E-state index in [4.69, 9.17) is 21.1 Å². The molecule has 2 rings (SSSR count). The van der Waals surface area contributed by atoms with Crippen molar-refractivity contribution < 1.29 is 19.1 Å². The van der Waals surface area contributed by atoms with Gasteiger partial charge in [0.2, 0.25) is 11.8 Å². The number of anilines is 2. The molecule has 0 saturated heterocycles. The number of rotatable bonds is 8. The summed E-state index contributed by atoms with van der Waals surface area (Å²) in [5.74, 6) is 0.512. The van der Waals surface area contributed by atoms with Crippen LogP contribution in [0.5, 0.6) is 11.5 Å². The van der Waals surface area contributed by atoms with Gasteiger partial charge in [-0.1, -0.05) is 25.4 Å². The van der Waals surface area contributed by atoms with E-state index in [1.807, 2.05) is 20.8 Å². The van der Waals surface area contributed by atoms with E-state index in [0.29, 0.717) is 40.1 Å². The number of amides is 2. The van der Waals surface area contributed by atoms with Crippen molar-refractivity contribution in [1.82, 2.24) is 0 Å². The molecule has 0 aliphatic rings. The topological polar surface area (TPSA) is 76.7 Å². The molecule has 0 spiro atoms. The third-order valence-corrected chi connectivity index (χ3v) is 4.19. The molecule has 0 fully saturated rings. The molecule has 0 radical (unpaired) electrons. The van der Waals surface area contributed by atoms with Gasteiger partial charge in [-0.25, -0.2) is 0 Å². The summed E-state index contributed by atoms with van der Waals surface area (Å²) >= 11 is 6.24. The summed E-state index contributed by atoms with van der Waals surface area (Å²) in [5.41, 5.74) is 2.00. The zero-order valence-corrected chi connectivity index (χ0v) is 17.7. The maximum atomic E-state index is 12.2. The highest BCUT2D eigenvalue weighted by Gasteiger charge is 2.11. The van der Waals surface area contributed by atoms with Gasteiger partial charge >= 0.3 is 0 Å². The highest BCUT2D eigenvalue weighted by atomic mass is 35.5. The molecule has 6 nitrogen and oxygen atoms in total. The lowest BCUT2D eigenvalue weighted by molar-refractivity contribution is -0.119. The molecule has 154 valence electrons. The Bertz CT molecular complexity index is 892. The molecule has 0 bridgehead atoms. The van der Waals surface area contributed by atoms with Gasteiger partial charge in [0.1, 0.15) is 0 Å². The summed E-state index contributed by atoms with van der Waals surface area (Å²) in [6.45, 7) is 5.97. The molecular formula is C22H25ClN2O4. The monoisotopic (exact) mass is 416 g/mol. The van der Waals surface area contributed by atoms with Gasteiger partial charge in [0.25, 0.3) is 0 Å². The van der Waals surface area contributed by atoms with Gasteiger partial charge in [0, 0.05) is 23.4 Å². The fraction of sp³-hybridized carbons (Fsp3) is 0.273. The Morgan fingerprint density at radius 1 is 1.10 bits per heavy atom. The number of benzene rings is 2. The molecule has 29 heavy (non-hydrogen) atoms. The fourth-order valence-electron chi connectivity index (χ4n) is 2.40. The standard InChI is InChI=1S/C22H25ClN2O4/c1-5-29-21-18(23)12-15(13-19(21)28-4)6-11-20(26)24-16-7-9-17(10-8-16)25-22(27)14(2)3/h6-14H,5H2,1-4H3,(H,24,26)(H,25,27)/b11-6+. The van der Waals surface area contributed by atoms with E-state index in [2.05, 4.69) is 10.6 Å². The van der Waals surface area contributed by atoms with Gasteiger partial charge in [-0.3, -0.25) is 9.59 Å². The third-order valence-electron chi connectivity index (χ3n) is 3.91. The van der Waals surface area contributed by atoms with Crippen LogP contribution in [-0.4, -0.2) is 25.5 Å². The quantitative estimate of drug-likeness (QED) is 0.594. The first-order chi connectivity index (χ1) is 13.8. The van der Waals surface area contributed by atoms with Crippen LogP contribution >= 0.6 is 11.6 Å². The lowest BCUT2D eigenvalue weighted by atomic mass is 10.2. The van der Waals surface area contributed by atoms with Gasteiger partial charge in [-0.15, -0.1) is 0 Å². The first kappa shape index (κ1) is 22.3. The molecule has 2 amide bonds. The van der Waals surface area contributed by atoms with Crippen molar-refractivity contribution in [3.05, 3.63) is 53.1 Å². The summed E-state index contributed by atoms with van der Waals surface area (Å²) < 4.78 is 10.8. The van der Waals surface area contributed by atoms with Gasteiger partial charge in [0.05, 0.1) is 18.7 Å². The predicted molar refractivity (Wildman–Crippen MR) is 117 cm³/mol. The van der Waals surface area contributed by atoms with Crippen molar-refractivity contribution in [3.8, 4) is 11.5 Å². The summed E-state index contributed by atoms with van der Waals surface area (Å²) in [6.07, 6.45) is 3.04. The summed E-state index contributed by atoms with van der Waals surface area (Å²) in [4.78, 5) is 23.9. The van der Waals surface area contributed by atoms with Crippen LogP contribution in [0.4, 0.5) is 11.4 Å². The summed E-state index contributed by atoms with van der Waals surface area (Å²) in [6, 6.07) is 10.3. The van der Waals surface area contributed by atoms with Gasteiger partial charge in [-0.2, -0.15) is 0 Å². The number of carbonyl (C=O) groups excluding carboxylic acids is 2. The second-order valence-corrected chi connectivity index (χ2v) is 6.92. The van der Waals surface area contributed by atoms with Crippen LogP contribution in [0.25, 0.3) is 6.08 Å². The van der Waals surface area contributed by atoms with Crippen molar-refractivity contribution in [1.29, 1.82) is 0 Å². The van der Waals surface area contributed by atoms with E-state index in [9.17, 15) is 9.59 Å². The maximum Gasteiger partial charge on any atom is 0.248 e. The molecule has 0 aliphatic heterocycles. The lowest BCUT2D eigenvalue weighted by Gasteiger charge is -2.12. The van der Waals surface area contributed by atoms with Crippen molar-refractivity contribution in [3.63, 3.8) is 0 Å². The minimum Gasteiger partial charge on any atom is -0.493 e. The molecule has 2 aromatic rings. The number of methoxy groups -OCH3 is 1. The van der Waals surface area contributed by atoms with E-state index in [1.54, 1.807) is 42.5 Å². The second-order valence-electron chi connectivity index (χ2n) is 6.51. The highest BCUT2D eigenvalue weighted by Crippen LogP contribution is 2.36. The predicted octanol–water partition coefficient (Wildman–Crippen LogP) is 4.99. The molecule has 0 aliphatic carbocycles. The van der Waals surface area contributed by atoms with Crippen molar-refractivity contribution in [2.45, 2.75) is 20.8 Å². The van der Waals surface area contributed by atoms with Crippen molar-refractivity contribution in [2.75, 3.05) is 24.4 Å². The van der Waals surface area contributed by atoms with Gasteiger partial charge in [0.15, 0.2) is 11.5 Å². The Hall–Kier alpha value is -2.99. The van der Waals surface area contributed by atoms with Crippen LogP contribution in [0.3, 0.4) is 0 Å². The largest absolute Gasteiger partial charge is 0.493 e. The van der Waals surface area contributed by atoms with Crippen LogP contribution in [0.2, 0.25) is 5.02 Å². The van der Waals surface area contributed by atoms with Crippen molar-refractivity contribution >= 4 is 40.9 Å². The molecular weight excluding hydrogens is 392 g/mol. The minimum absolute atomic E-state index is 0.0610. The van der Waals surface area contributed by atoms with Gasteiger partial charge < -0.3 is 20.1 Å². The third kappa shape index (κ3) is 6.54. The zero-order chi connectivity index (χ0) is 21.4. The average molecular weight is 417 g/mol. The zero-order valence-electron chi connectivity index (χ0n) is 16.9. The summed E-state index contributed by atoms with van der Waals surface area (Å²) in [5, 5.41) is 5.97. The van der Waals surface area contributed by atoms with Crippen LogP contribution in [0, 0.1) is 5.92 Å². The minimum atomic E-state index is -0.298. The second kappa shape index (κ2) is 10.5. The smallest absolute Gasteiger partial charge is 0.248 e. The molecule has 0 unspecified atom stereocenters. The molecule has 0 atom stereocenters. The number of hydrogen-bond donors (Lipinski definition) is 2. The Morgan fingerprint density at radius 2 is 1.72 bits per heavy atom. The van der Waals surface area contributed by atoms with E-state index in [1.165, 1.54) is 13.2 Å². The number of nitrogens with one attached hydrogen (secondary N) is 2. The number of ether oxygens (including phenoxy) is 2. The molecule has 2 N–H and O–H groups in total. The Morgan fingerprint density at radius 3 is 2.28 bits per heavy atom. The Labute approximate surface area is 175 Å². The highest BCUT2D eigenvalue weighted by molar-refractivity contribution is 6.32. The fourth-order valence-corrected chi connectivity index (χ4v) is 2.67. The Balaban J connectivity index is 2.02. The van der Waals surface area contributed by atoms with Crippen LogP contribution in [0.15, 0.2) is 42.5 Å². The summed E-state index contributed by atoms with van der Waals surface area (Å²) in [7, 11) is 1.53. The normalized spacial score (nSPS) is 10.8. The average Bonchev–Trinajstić information content (AvgIpc) is 2.69. The molecule has 0 saturated carbocycles. The SMILES string of the molecule is CCOc1c(Cl)cc(/C=C/C(=O)Nc2ccc(NC(=O)C(C)C)cc2)cc1OC. The molecule has 7 heteroatoms. The number of halogens is 1. The van der Waals surface area contributed by atoms with E-state index < -0.39 is 0 Å². The number of carbonyl (C=O) groups is 2.